The highest BCUT2D eigenvalue weighted by Gasteiger charge is 2.38. The molecule has 0 bridgehead atoms. The van der Waals surface area contributed by atoms with Gasteiger partial charge in [0, 0.05) is 42.8 Å². The van der Waals surface area contributed by atoms with Crippen molar-refractivity contribution in [2.24, 2.45) is 5.92 Å². The number of hydrogen-bond donors (Lipinski definition) is 1. The average Bonchev–Trinajstić information content (AvgIpc) is 3.08. The summed E-state index contributed by atoms with van der Waals surface area (Å²) in [6.07, 6.45) is 7.48. The van der Waals surface area contributed by atoms with Crippen molar-refractivity contribution in [2.75, 3.05) is 13.1 Å². The molecule has 0 aromatic carbocycles. The van der Waals surface area contributed by atoms with Gasteiger partial charge in [-0.3, -0.25) is 9.88 Å². The molecule has 2 atom stereocenters. The maximum atomic E-state index is 4.20. The van der Waals surface area contributed by atoms with Gasteiger partial charge in [-0.1, -0.05) is 13.3 Å². The number of thiazole rings is 1. The largest absolute Gasteiger partial charge is 0.311 e. The van der Waals surface area contributed by atoms with Crippen LogP contribution in [-0.4, -0.2) is 35.1 Å². The van der Waals surface area contributed by atoms with E-state index in [1.807, 2.05) is 11.7 Å². The van der Waals surface area contributed by atoms with Crippen molar-refractivity contribution in [1.29, 1.82) is 0 Å². The van der Waals surface area contributed by atoms with Gasteiger partial charge < -0.3 is 5.32 Å². The first-order valence-corrected chi connectivity index (χ1v) is 8.09. The molecular weight excluding hydrogens is 242 g/mol. The van der Waals surface area contributed by atoms with Gasteiger partial charge in [0.05, 0.1) is 5.51 Å². The number of piperazine rings is 1. The Bertz CT molecular complexity index is 361. The molecule has 1 aromatic rings. The van der Waals surface area contributed by atoms with E-state index in [1.54, 1.807) is 11.3 Å². The van der Waals surface area contributed by atoms with Crippen LogP contribution in [0.4, 0.5) is 0 Å². The van der Waals surface area contributed by atoms with Gasteiger partial charge >= 0.3 is 0 Å². The molecule has 1 saturated carbocycles. The summed E-state index contributed by atoms with van der Waals surface area (Å²) in [5, 5.41) is 3.75. The summed E-state index contributed by atoms with van der Waals surface area (Å²) in [5.41, 5.74) is 1.95. The Morgan fingerprint density at radius 3 is 3.06 bits per heavy atom. The molecule has 1 N–H and O–H groups in total. The lowest BCUT2D eigenvalue weighted by Gasteiger charge is -2.40. The Kier molecular flexibility index (Phi) is 3.97. The second kappa shape index (κ2) is 5.68. The number of aromatic nitrogens is 1. The van der Waals surface area contributed by atoms with Crippen LogP contribution >= 0.6 is 11.3 Å². The maximum absolute atomic E-state index is 4.20. The van der Waals surface area contributed by atoms with Crippen LogP contribution in [-0.2, 0) is 6.54 Å². The molecule has 2 fully saturated rings. The minimum Gasteiger partial charge on any atom is -0.311 e. The Morgan fingerprint density at radius 2 is 2.39 bits per heavy atom. The molecule has 1 aliphatic heterocycles. The van der Waals surface area contributed by atoms with E-state index < -0.39 is 0 Å². The molecule has 0 amide bonds. The Hall–Kier alpha value is -0.450. The fourth-order valence-electron chi connectivity index (χ4n) is 3.09. The molecule has 4 heteroatoms. The normalized spacial score (nSPS) is 29.6. The van der Waals surface area contributed by atoms with E-state index in [0.717, 1.165) is 18.5 Å². The van der Waals surface area contributed by atoms with E-state index in [0.29, 0.717) is 6.04 Å². The fourth-order valence-corrected chi connectivity index (χ4v) is 3.71. The van der Waals surface area contributed by atoms with E-state index in [1.165, 1.54) is 43.6 Å². The van der Waals surface area contributed by atoms with Gasteiger partial charge in [-0.05, 0) is 25.2 Å². The summed E-state index contributed by atoms with van der Waals surface area (Å²) in [5.74, 6) is 0.952. The zero-order chi connectivity index (χ0) is 12.4. The van der Waals surface area contributed by atoms with E-state index in [-0.39, 0.29) is 0 Å². The lowest BCUT2D eigenvalue weighted by molar-refractivity contribution is 0.105. The van der Waals surface area contributed by atoms with Crippen molar-refractivity contribution < 1.29 is 0 Å². The minimum atomic E-state index is 0.693. The summed E-state index contributed by atoms with van der Waals surface area (Å²) in [6.45, 7) is 5.79. The third-order valence-corrected chi connectivity index (χ3v) is 4.95. The fraction of sp³-hybridized carbons (Fsp3) is 0.786. The van der Waals surface area contributed by atoms with Crippen molar-refractivity contribution in [3.8, 4) is 0 Å². The number of nitrogens with zero attached hydrogens (tertiary/aromatic N) is 2. The third-order valence-electron chi connectivity index (χ3n) is 4.19. The summed E-state index contributed by atoms with van der Waals surface area (Å²) in [7, 11) is 0. The minimum absolute atomic E-state index is 0.693. The molecule has 1 saturated heterocycles. The lowest BCUT2D eigenvalue weighted by atomic mass is 10.0. The highest BCUT2D eigenvalue weighted by atomic mass is 32.1. The van der Waals surface area contributed by atoms with Gasteiger partial charge in [0.25, 0.3) is 0 Å². The zero-order valence-electron chi connectivity index (χ0n) is 11.1. The smallest absolute Gasteiger partial charge is 0.0794 e. The highest BCUT2D eigenvalue weighted by Crippen LogP contribution is 2.37. The van der Waals surface area contributed by atoms with Crippen LogP contribution in [0, 0.1) is 5.92 Å². The van der Waals surface area contributed by atoms with Crippen molar-refractivity contribution in [3.05, 3.63) is 16.6 Å². The lowest BCUT2D eigenvalue weighted by Crippen LogP contribution is -2.56. The molecule has 2 heterocycles. The molecule has 1 aromatic heterocycles. The Labute approximate surface area is 114 Å². The maximum Gasteiger partial charge on any atom is 0.0794 e. The molecule has 1 aliphatic carbocycles. The molecular formula is C14H23N3S. The molecule has 2 aliphatic rings. The monoisotopic (exact) mass is 265 g/mol. The van der Waals surface area contributed by atoms with E-state index in [9.17, 15) is 0 Å². The van der Waals surface area contributed by atoms with Crippen LogP contribution in [0.15, 0.2) is 11.7 Å². The number of rotatable bonds is 5. The summed E-state index contributed by atoms with van der Waals surface area (Å²) < 4.78 is 0. The Morgan fingerprint density at radius 1 is 1.50 bits per heavy atom. The van der Waals surface area contributed by atoms with Crippen molar-refractivity contribution in [1.82, 2.24) is 15.2 Å². The Balaban J connectivity index is 1.64. The van der Waals surface area contributed by atoms with Crippen LogP contribution in [0.25, 0.3) is 0 Å². The first kappa shape index (κ1) is 12.6. The predicted octanol–water partition coefficient (Wildman–Crippen LogP) is 2.50. The standard InChI is InChI=1S/C14H23N3S/c1-2-3-12-8-17(9-13-6-15-10-18-13)14(7-16-12)11-4-5-11/h6,10-12,14,16H,2-5,7-9H2,1H3. The second-order valence-corrected chi connectivity index (χ2v) is 6.67. The van der Waals surface area contributed by atoms with E-state index in [4.69, 9.17) is 0 Å². The zero-order valence-corrected chi connectivity index (χ0v) is 12.0. The van der Waals surface area contributed by atoms with Gasteiger partial charge in [0.15, 0.2) is 0 Å². The molecule has 3 rings (SSSR count). The average molecular weight is 265 g/mol. The molecule has 0 radical (unpaired) electrons. The van der Waals surface area contributed by atoms with Gasteiger partial charge in [0.1, 0.15) is 0 Å². The van der Waals surface area contributed by atoms with Gasteiger partial charge in [-0.25, -0.2) is 0 Å². The van der Waals surface area contributed by atoms with Gasteiger partial charge in [-0.2, -0.15) is 0 Å². The SMILES string of the molecule is CCCC1CN(Cc2cncs2)C(C2CC2)CN1. The van der Waals surface area contributed by atoms with Crippen LogP contribution < -0.4 is 5.32 Å². The van der Waals surface area contributed by atoms with Crippen LogP contribution in [0.3, 0.4) is 0 Å². The van der Waals surface area contributed by atoms with E-state index >= 15 is 0 Å². The highest BCUT2D eigenvalue weighted by molar-refractivity contribution is 7.09. The quantitative estimate of drug-likeness (QED) is 0.886. The van der Waals surface area contributed by atoms with Crippen LogP contribution in [0.5, 0.6) is 0 Å². The van der Waals surface area contributed by atoms with Gasteiger partial charge in [-0.15, -0.1) is 11.3 Å². The first-order chi connectivity index (χ1) is 8.86. The third kappa shape index (κ3) is 2.92. The van der Waals surface area contributed by atoms with Gasteiger partial charge in [0.2, 0.25) is 0 Å². The van der Waals surface area contributed by atoms with Crippen molar-refractivity contribution in [3.63, 3.8) is 0 Å². The topological polar surface area (TPSA) is 28.2 Å². The summed E-state index contributed by atoms with van der Waals surface area (Å²) in [6, 6.07) is 1.46. The second-order valence-electron chi connectivity index (χ2n) is 5.70. The van der Waals surface area contributed by atoms with Crippen LogP contribution in [0.2, 0.25) is 0 Å². The first-order valence-electron chi connectivity index (χ1n) is 7.21. The summed E-state index contributed by atoms with van der Waals surface area (Å²) >= 11 is 1.79. The number of nitrogens with one attached hydrogen (secondary N) is 1. The van der Waals surface area contributed by atoms with Crippen molar-refractivity contribution in [2.45, 2.75) is 51.2 Å². The molecule has 18 heavy (non-hydrogen) atoms. The molecule has 100 valence electrons. The summed E-state index contributed by atoms with van der Waals surface area (Å²) in [4.78, 5) is 8.33. The molecule has 3 nitrogen and oxygen atoms in total. The van der Waals surface area contributed by atoms with Crippen molar-refractivity contribution >= 4 is 11.3 Å². The molecule has 0 spiro atoms. The molecule has 2 unspecified atom stereocenters. The predicted molar refractivity (Wildman–Crippen MR) is 75.7 cm³/mol. The van der Waals surface area contributed by atoms with Crippen LogP contribution in [0.1, 0.15) is 37.5 Å². The van der Waals surface area contributed by atoms with E-state index in [2.05, 4.69) is 22.1 Å². The number of hydrogen-bond acceptors (Lipinski definition) is 4.